The van der Waals surface area contributed by atoms with E-state index in [0.29, 0.717) is 25.2 Å². The number of nitrogens with one attached hydrogen (secondary N) is 3. The second kappa shape index (κ2) is 9.63. The number of hydrogen-bond donors (Lipinski definition) is 3. The zero-order valence-corrected chi connectivity index (χ0v) is 19.7. The molecule has 5 rings (SSSR count). The normalized spacial score (nSPS) is 16.6. The van der Waals surface area contributed by atoms with Crippen LogP contribution in [0.1, 0.15) is 24.5 Å². The summed E-state index contributed by atoms with van der Waals surface area (Å²) in [4.78, 5) is 28.2. The molecule has 2 unspecified atom stereocenters. The van der Waals surface area contributed by atoms with E-state index in [0.717, 1.165) is 33.2 Å². The van der Waals surface area contributed by atoms with Crippen LogP contribution in [0.4, 0.5) is 5.69 Å². The van der Waals surface area contributed by atoms with E-state index in [1.165, 1.54) is 0 Å². The number of aromatic nitrogens is 4. The van der Waals surface area contributed by atoms with Gasteiger partial charge in [0.1, 0.15) is 6.04 Å². The topological polar surface area (TPSA) is 116 Å². The SMILES string of the molecule is CNC(C)C(=O)NC1CCc2ccccc2N(Cc2cccc3c(-c4nn[nH]n4)cccc23)C1=O. The number of hydrogen-bond acceptors (Lipinski definition) is 6. The van der Waals surface area contributed by atoms with Gasteiger partial charge in [0.2, 0.25) is 17.6 Å². The first kappa shape index (κ1) is 22.7. The van der Waals surface area contributed by atoms with Crippen molar-refractivity contribution >= 4 is 28.3 Å². The highest BCUT2D eigenvalue weighted by Crippen LogP contribution is 2.32. The van der Waals surface area contributed by atoms with Crippen LogP contribution in [0.3, 0.4) is 0 Å². The van der Waals surface area contributed by atoms with Crippen molar-refractivity contribution in [1.82, 2.24) is 31.3 Å². The minimum absolute atomic E-state index is 0.113. The molecule has 0 aliphatic carbocycles. The standard InChI is InChI=1S/C26H27N7O2/c1-16(27-2)25(34)28-22-14-13-17-7-3-4-12-23(17)33(26(22)35)15-18-8-5-10-20-19(18)9-6-11-21(20)24-29-31-32-30-24/h3-12,16,22,27H,13-15H2,1-2H3,(H,28,34)(H,29,30,31,32). The fourth-order valence-corrected chi connectivity index (χ4v) is 4.59. The number of benzene rings is 3. The second-order valence-electron chi connectivity index (χ2n) is 8.72. The van der Waals surface area contributed by atoms with Crippen LogP contribution in [0.15, 0.2) is 60.7 Å². The summed E-state index contributed by atoms with van der Waals surface area (Å²) in [5.74, 6) is 0.218. The highest BCUT2D eigenvalue weighted by atomic mass is 16.2. The first-order valence-electron chi connectivity index (χ1n) is 11.7. The van der Waals surface area contributed by atoms with Gasteiger partial charge in [-0.05, 0) is 60.0 Å². The molecule has 1 aliphatic heterocycles. The Morgan fingerprint density at radius 1 is 1.11 bits per heavy atom. The summed E-state index contributed by atoms with van der Waals surface area (Å²) in [5, 5.41) is 22.4. The van der Waals surface area contributed by atoms with Gasteiger partial charge in [-0.2, -0.15) is 5.21 Å². The van der Waals surface area contributed by atoms with Crippen LogP contribution in [-0.2, 0) is 22.6 Å². The molecule has 0 radical (unpaired) electrons. The van der Waals surface area contributed by atoms with Crippen LogP contribution in [-0.4, -0.2) is 51.6 Å². The van der Waals surface area contributed by atoms with Crippen molar-refractivity contribution in [2.45, 2.75) is 38.4 Å². The third kappa shape index (κ3) is 4.38. The quantitative estimate of drug-likeness (QED) is 0.400. The van der Waals surface area contributed by atoms with Crippen molar-refractivity contribution in [3.63, 3.8) is 0 Å². The summed E-state index contributed by atoms with van der Waals surface area (Å²) < 4.78 is 0. The van der Waals surface area contributed by atoms with E-state index in [4.69, 9.17) is 0 Å². The number of H-pyrrole nitrogens is 1. The Balaban J connectivity index is 1.54. The van der Waals surface area contributed by atoms with E-state index >= 15 is 0 Å². The lowest BCUT2D eigenvalue weighted by Gasteiger charge is -2.27. The van der Waals surface area contributed by atoms with Crippen molar-refractivity contribution < 1.29 is 9.59 Å². The first-order valence-corrected chi connectivity index (χ1v) is 11.7. The number of aromatic amines is 1. The van der Waals surface area contributed by atoms with E-state index in [1.807, 2.05) is 60.7 Å². The summed E-state index contributed by atoms with van der Waals surface area (Å²) in [6, 6.07) is 18.9. The summed E-state index contributed by atoms with van der Waals surface area (Å²) in [5.41, 5.74) is 3.83. The smallest absolute Gasteiger partial charge is 0.249 e. The lowest BCUT2D eigenvalue weighted by atomic mass is 9.99. The van der Waals surface area contributed by atoms with Crippen molar-refractivity contribution in [3.8, 4) is 11.4 Å². The largest absolute Gasteiger partial charge is 0.343 e. The van der Waals surface area contributed by atoms with Gasteiger partial charge in [-0.25, -0.2) is 0 Å². The third-order valence-corrected chi connectivity index (χ3v) is 6.62. The second-order valence-corrected chi connectivity index (χ2v) is 8.72. The lowest BCUT2D eigenvalue weighted by Crippen LogP contribution is -2.52. The van der Waals surface area contributed by atoms with Crippen LogP contribution < -0.4 is 15.5 Å². The average Bonchev–Trinajstić information content (AvgIpc) is 3.39. The molecule has 1 aromatic heterocycles. The monoisotopic (exact) mass is 469 g/mol. The van der Waals surface area contributed by atoms with Gasteiger partial charge in [0, 0.05) is 11.3 Å². The van der Waals surface area contributed by atoms with E-state index in [9.17, 15) is 9.59 Å². The Morgan fingerprint density at radius 2 is 1.91 bits per heavy atom. The van der Waals surface area contributed by atoms with E-state index in [2.05, 4.69) is 31.3 Å². The lowest BCUT2D eigenvalue weighted by molar-refractivity contribution is -0.128. The number of tetrazole rings is 1. The Bertz CT molecular complexity index is 1370. The molecule has 0 fully saturated rings. The number of fused-ring (bicyclic) bond motifs is 2. The molecular formula is C26H27N7O2. The van der Waals surface area contributed by atoms with Crippen LogP contribution in [0.2, 0.25) is 0 Å². The van der Waals surface area contributed by atoms with Crippen molar-refractivity contribution in [2.24, 2.45) is 0 Å². The average molecular weight is 470 g/mol. The summed E-state index contributed by atoms with van der Waals surface area (Å²) in [6.45, 7) is 2.15. The molecule has 9 nitrogen and oxygen atoms in total. The Morgan fingerprint density at radius 3 is 2.71 bits per heavy atom. The Hall–Kier alpha value is -4.11. The van der Waals surface area contributed by atoms with Crippen molar-refractivity contribution in [1.29, 1.82) is 0 Å². The van der Waals surface area contributed by atoms with Gasteiger partial charge >= 0.3 is 0 Å². The van der Waals surface area contributed by atoms with Gasteiger partial charge in [0.25, 0.3) is 0 Å². The minimum atomic E-state index is -0.601. The van der Waals surface area contributed by atoms with Crippen molar-refractivity contribution in [2.75, 3.05) is 11.9 Å². The zero-order chi connectivity index (χ0) is 24.4. The van der Waals surface area contributed by atoms with Crippen molar-refractivity contribution in [3.05, 3.63) is 71.8 Å². The van der Waals surface area contributed by atoms with Gasteiger partial charge in [-0.15, -0.1) is 10.2 Å². The molecule has 1 aliphatic rings. The molecule has 35 heavy (non-hydrogen) atoms. The number of para-hydroxylation sites is 1. The maximum Gasteiger partial charge on any atom is 0.249 e. The number of carbonyl (C=O) groups excluding carboxylic acids is 2. The minimum Gasteiger partial charge on any atom is -0.343 e. The molecule has 4 aromatic rings. The summed E-state index contributed by atoms with van der Waals surface area (Å²) >= 11 is 0. The van der Waals surface area contributed by atoms with Crippen LogP contribution in [0.5, 0.6) is 0 Å². The van der Waals surface area contributed by atoms with E-state index < -0.39 is 6.04 Å². The molecule has 2 atom stereocenters. The molecule has 0 bridgehead atoms. The molecule has 2 heterocycles. The number of anilines is 1. The molecule has 178 valence electrons. The molecule has 2 amide bonds. The van der Waals surface area contributed by atoms with Gasteiger partial charge in [0.05, 0.1) is 12.6 Å². The number of aryl methyl sites for hydroxylation is 1. The first-order chi connectivity index (χ1) is 17.1. The number of likely N-dealkylation sites (N-methyl/N-ethyl adjacent to an activating group) is 1. The molecular weight excluding hydrogens is 442 g/mol. The molecule has 3 aromatic carbocycles. The highest BCUT2D eigenvalue weighted by molar-refractivity contribution is 6.02. The number of amides is 2. The molecule has 0 saturated carbocycles. The molecule has 9 heteroatoms. The predicted octanol–water partition coefficient (Wildman–Crippen LogP) is 2.59. The van der Waals surface area contributed by atoms with Crippen LogP contribution in [0.25, 0.3) is 22.2 Å². The van der Waals surface area contributed by atoms with Gasteiger partial charge < -0.3 is 15.5 Å². The summed E-state index contributed by atoms with van der Waals surface area (Å²) in [7, 11) is 1.73. The number of carbonyl (C=O) groups is 2. The maximum absolute atomic E-state index is 13.8. The Kier molecular flexibility index (Phi) is 6.24. The fourth-order valence-electron chi connectivity index (χ4n) is 4.59. The molecule has 3 N–H and O–H groups in total. The maximum atomic E-state index is 13.8. The van der Waals surface area contributed by atoms with Gasteiger partial charge in [-0.1, -0.05) is 54.6 Å². The number of nitrogens with zero attached hydrogens (tertiary/aromatic N) is 4. The molecule has 0 spiro atoms. The third-order valence-electron chi connectivity index (χ3n) is 6.62. The zero-order valence-electron chi connectivity index (χ0n) is 19.7. The highest BCUT2D eigenvalue weighted by Gasteiger charge is 2.32. The number of rotatable bonds is 6. The molecule has 0 saturated heterocycles. The Labute approximate surface area is 202 Å². The van der Waals surface area contributed by atoms with Gasteiger partial charge in [0.15, 0.2) is 0 Å². The van der Waals surface area contributed by atoms with E-state index in [1.54, 1.807) is 18.9 Å². The van der Waals surface area contributed by atoms with E-state index in [-0.39, 0.29) is 17.9 Å². The fraction of sp³-hybridized carbons (Fsp3) is 0.269. The van der Waals surface area contributed by atoms with Crippen LogP contribution in [0, 0.1) is 0 Å². The van der Waals surface area contributed by atoms with Crippen LogP contribution >= 0.6 is 0 Å². The van der Waals surface area contributed by atoms with Gasteiger partial charge in [-0.3, -0.25) is 9.59 Å². The summed E-state index contributed by atoms with van der Waals surface area (Å²) in [6.07, 6.45) is 1.25. The predicted molar refractivity (Wildman–Crippen MR) is 134 cm³/mol.